The number of anilines is 2. The van der Waals surface area contributed by atoms with Gasteiger partial charge in [0.15, 0.2) is 0 Å². The van der Waals surface area contributed by atoms with Crippen LogP contribution in [0, 0.1) is 10.1 Å². The number of nitrogens with two attached hydrogens (primary N) is 1. The van der Waals surface area contributed by atoms with Crippen LogP contribution in [0.25, 0.3) is 0 Å². The van der Waals surface area contributed by atoms with Crippen molar-refractivity contribution in [2.75, 3.05) is 30.1 Å². The second kappa shape index (κ2) is 8.74. The van der Waals surface area contributed by atoms with E-state index in [-0.39, 0.29) is 27.8 Å². The number of primary amides is 1. The van der Waals surface area contributed by atoms with Gasteiger partial charge in [-0.3, -0.25) is 19.7 Å². The Morgan fingerprint density at radius 1 is 1.30 bits per heavy atom. The van der Waals surface area contributed by atoms with Gasteiger partial charge >= 0.3 is 0 Å². The lowest BCUT2D eigenvalue weighted by Gasteiger charge is -2.19. The number of nitro groups is 1. The third-order valence-corrected chi connectivity index (χ3v) is 4.87. The largest absolute Gasteiger partial charge is 0.375 e. The molecule has 0 heterocycles. The van der Waals surface area contributed by atoms with Crippen LogP contribution in [-0.4, -0.2) is 36.6 Å². The predicted octanol–water partition coefficient (Wildman–Crippen LogP) is 3.14. The van der Waals surface area contributed by atoms with Gasteiger partial charge in [0.1, 0.15) is 0 Å². The molecule has 0 aliphatic rings. The molecule has 0 aromatic heterocycles. The van der Waals surface area contributed by atoms with Gasteiger partial charge in [0.05, 0.1) is 32.0 Å². The van der Waals surface area contributed by atoms with Crippen LogP contribution in [0.4, 0.5) is 17.1 Å². The SMILES string of the molecule is CN(C)c1c(Cl)cccc1NC(=O)CSc1ccc(C(N)=O)cc1[N+](=O)[O-]. The van der Waals surface area contributed by atoms with E-state index in [1.54, 1.807) is 37.2 Å². The van der Waals surface area contributed by atoms with E-state index in [9.17, 15) is 19.7 Å². The van der Waals surface area contributed by atoms with Gasteiger partial charge in [-0.1, -0.05) is 17.7 Å². The molecule has 2 rings (SSSR count). The zero-order chi connectivity index (χ0) is 20.1. The van der Waals surface area contributed by atoms with Crippen molar-refractivity contribution >= 4 is 52.2 Å². The highest BCUT2D eigenvalue weighted by Gasteiger charge is 2.18. The van der Waals surface area contributed by atoms with E-state index in [0.717, 1.165) is 17.8 Å². The van der Waals surface area contributed by atoms with Crippen molar-refractivity contribution in [3.63, 3.8) is 0 Å². The molecule has 10 heteroatoms. The summed E-state index contributed by atoms with van der Waals surface area (Å²) in [6, 6.07) is 9.03. The number of rotatable bonds is 7. The lowest BCUT2D eigenvalue weighted by molar-refractivity contribution is -0.387. The molecule has 0 unspecified atom stereocenters. The van der Waals surface area contributed by atoms with Crippen molar-refractivity contribution in [2.45, 2.75) is 4.90 Å². The number of halogens is 1. The quantitative estimate of drug-likeness (QED) is 0.412. The number of para-hydroxylation sites is 1. The number of benzene rings is 2. The Kier molecular flexibility index (Phi) is 6.65. The maximum absolute atomic E-state index is 12.3. The van der Waals surface area contributed by atoms with Crippen LogP contribution in [0.15, 0.2) is 41.3 Å². The number of nitro benzene ring substituents is 1. The molecule has 2 aromatic carbocycles. The molecule has 27 heavy (non-hydrogen) atoms. The van der Waals surface area contributed by atoms with Gasteiger partial charge in [-0.2, -0.15) is 0 Å². The number of amides is 2. The van der Waals surface area contributed by atoms with Gasteiger partial charge in [-0.15, -0.1) is 11.8 Å². The minimum absolute atomic E-state index is 0.0325. The fourth-order valence-electron chi connectivity index (χ4n) is 2.34. The molecular formula is C17H17ClN4O4S. The molecule has 0 saturated heterocycles. The average molecular weight is 409 g/mol. The number of nitrogens with one attached hydrogen (secondary N) is 1. The van der Waals surface area contributed by atoms with Crippen LogP contribution in [0.3, 0.4) is 0 Å². The van der Waals surface area contributed by atoms with Crippen molar-refractivity contribution < 1.29 is 14.5 Å². The zero-order valence-electron chi connectivity index (χ0n) is 14.6. The second-order valence-electron chi connectivity index (χ2n) is 5.67. The highest BCUT2D eigenvalue weighted by atomic mass is 35.5. The summed E-state index contributed by atoms with van der Waals surface area (Å²) < 4.78 is 0. The molecule has 0 aliphatic carbocycles. The van der Waals surface area contributed by atoms with Gasteiger partial charge in [0, 0.05) is 25.7 Å². The summed E-state index contributed by atoms with van der Waals surface area (Å²) in [4.78, 5) is 36.1. The molecule has 8 nitrogen and oxygen atoms in total. The fourth-order valence-corrected chi connectivity index (χ4v) is 3.48. The Morgan fingerprint density at radius 2 is 2.00 bits per heavy atom. The Labute approximate surface area is 164 Å². The predicted molar refractivity (Wildman–Crippen MR) is 107 cm³/mol. The van der Waals surface area contributed by atoms with Crippen LogP contribution < -0.4 is 16.0 Å². The summed E-state index contributed by atoms with van der Waals surface area (Å²) in [5.41, 5.74) is 6.10. The van der Waals surface area contributed by atoms with Crippen LogP contribution in [0.5, 0.6) is 0 Å². The molecule has 3 N–H and O–H groups in total. The minimum atomic E-state index is -0.760. The number of carbonyl (C=O) groups is 2. The number of hydrogen-bond acceptors (Lipinski definition) is 6. The van der Waals surface area contributed by atoms with Crippen molar-refractivity contribution in [3.8, 4) is 0 Å². The van der Waals surface area contributed by atoms with Crippen LogP contribution in [-0.2, 0) is 4.79 Å². The van der Waals surface area contributed by atoms with E-state index in [4.69, 9.17) is 17.3 Å². The lowest BCUT2D eigenvalue weighted by Crippen LogP contribution is -2.18. The maximum atomic E-state index is 12.3. The first-order chi connectivity index (χ1) is 12.7. The van der Waals surface area contributed by atoms with E-state index in [1.807, 2.05) is 0 Å². The maximum Gasteiger partial charge on any atom is 0.283 e. The number of thioether (sulfide) groups is 1. The highest BCUT2D eigenvalue weighted by molar-refractivity contribution is 8.00. The molecule has 142 valence electrons. The Morgan fingerprint density at radius 3 is 2.59 bits per heavy atom. The van der Waals surface area contributed by atoms with Crippen LogP contribution >= 0.6 is 23.4 Å². The Balaban J connectivity index is 2.14. The van der Waals surface area contributed by atoms with Gasteiger partial charge in [-0.25, -0.2) is 0 Å². The standard InChI is InChI=1S/C17H17ClN4O4S/c1-21(2)16-11(18)4-3-5-12(16)20-15(23)9-27-14-7-6-10(17(19)24)8-13(14)22(25)26/h3-8H,9H2,1-2H3,(H2,19,24)(H,20,23). The molecule has 2 amide bonds. The smallest absolute Gasteiger partial charge is 0.283 e. The minimum Gasteiger partial charge on any atom is -0.375 e. The third-order valence-electron chi connectivity index (χ3n) is 3.51. The molecule has 0 aliphatic heterocycles. The number of carbonyl (C=O) groups excluding carboxylic acids is 2. The topological polar surface area (TPSA) is 119 Å². The first kappa shape index (κ1) is 20.5. The van der Waals surface area contributed by atoms with Gasteiger partial charge in [-0.05, 0) is 24.3 Å². The molecule has 0 saturated carbocycles. The number of hydrogen-bond donors (Lipinski definition) is 2. The van der Waals surface area contributed by atoms with Crippen molar-refractivity contribution in [1.82, 2.24) is 0 Å². The summed E-state index contributed by atoms with van der Waals surface area (Å²) in [6.07, 6.45) is 0. The second-order valence-corrected chi connectivity index (χ2v) is 7.10. The van der Waals surface area contributed by atoms with Crippen molar-refractivity contribution in [3.05, 3.63) is 57.1 Å². The zero-order valence-corrected chi connectivity index (χ0v) is 16.1. The number of nitrogens with zero attached hydrogens (tertiary/aromatic N) is 2. The summed E-state index contributed by atoms with van der Waals surface area (Å²) in [7, 11) is 3.60. The first-order valence-electron chi connectivity index (χ1n) is 7.67. The Hall–Kier alpha value is -2.78. The van der Waals surface area contributed by atoms with E-state index in [2.05, 4.69) is 5.32 Å². The monoisotopic (exact) mass is 408 g/mol. The highest BCUT2D eigenvalue weighted by Crippen LogP contribution is 2.33. The van der Waals surface area contributed by atoms with E-state index < -0.39 is 10.8 Å². The van der Waals surface area contributed by atoms with Gasteiger partial charge in [0.2, 0.25) is 11.8 Å². The van der Waals surface area contributed by atoms with E-state index in [0.29, 0.717) is 16.4 Å². The van der Waals surface area contributed by atoms with Crippen molar-refractivity contribution in [2.24, 2.45) is 5.73 Å². The van der Waals surface area contributed by atoms with Gasteiger partial charge < -0.3 is 16.0 Å². The normalized spacial score (nSPS) is 10.3. The summed E-state index contributed by atoms with van der Waals surface area (Å²) in [6.45, 7) is 0. The molecule has 0 bridgehead atoms. The van der Waals surface area contributed by atoms with Crippen LogP contribution in [0.1, 0.15) is 10.4 Å². The summed E-state index contributed by atoms with van der Waals surface area (Å²) in [5, 5.41) is 14.4. The van der Waals surface area contributed by atoms with E-state index in [1.165, 1.54) is 12.1 Å². The molecule has 0 fully saturated rings. The van der Waals surface area contributed by atoms with Gasteiger partial charge in [0.25, 0.3) is 5.69 Å². The average Bonchev–Trinajstić information content (AvgIpc) is 2.59. The first-order valence-corrected chi connectivity index (χ1v) is 9.03. The lowest BCUT2D eigenvalue weighted by atomic mass is 10.2. The fraction of sp³-hybridized carbons (Fsp3) is 0.176. The molecule has 0 atom stereocenters. The Bertz CT molecular complexity index is 904. The summed E-state index contributed by atoms with van der Waals surface area (Å²) >= 11 is 7.16. The molecule has 2 aromatic rings. The van der Waals surface area contributed by atoms with Crippen molar-refractivity contribution in [1.29, 1.82) is 0 Å². The molecule has 0 radical (unpaired) electrons. The van der Waals surface area contributed by atoms with E-state index >= 15 is 0 Å². The molecule has 0 spiro atoms. The molecular weight excluding hydrogens is 392 g/mol. The summed E-state index contributed by atoms with van der Waals surface area (Å²) in [5.74, 6) is -1.17. The third kappa shape index (κ3) is 5.11. The van der Waals surface area contributed by atoms with Crippen LogP contribution in [0.2, 0.25) is 5.02 Å².